The van der Waals surface area contributed by atoms with Crippen molar-refractivity contribution in [2.45, 2.75) is 110 Å². The molecule has 238 valence electrons. The Morgan fingerprint density at radius 2 is 1.70 bits per heavy atom. The molecule has 2 heterocycles. The number of hydrogen-bond donors (Lipinski definition) is 1. The van der Waals surface area contributed by atoms with E-state index in [0.717, 1.165) is 28.6 Å². The van der Waals surface area contributed by atoms with Gasteiger partial charge in [0.2, 0.25) is 0 Å². The molecule has 1 saturated heterocycles. The number of nitrogens with two attached hydrogens (primary N) is 1. The summed E-state index contributed by atoms with van der Waals surface area (Å²) in [5, 5.41) is 0. The summed E-state index contributed by atoms with van der Waals surface area (Å²) in [7, 11) is 6.17. The van der Waals surface area contributed by atoms with E-state index in [4.69, 9.17) is 17.1 Å². The minimum absolute atomic E-state index is 0.280. The number of nitrogens with zero attached hydrogens (tertiary/aromatic N) is 5. The van der Waals surface area contributed by atoms with Crippen LogP contribution in [-0.2, 0) is 6.54 Å². The molecule has 2 aliphatic heterocycles. The monoisotopic (exact) mass is 588 g/mol. The van der Waals surface area contributed by atoms with Crippen molar-refractivity contribution < 1.29 is 0 Å². The molecule has 6 nitrogen and oxygen atoms in total. The molecule has 0 amide bonds. The van der Waals surface area contributed by atoms with E-state index in [9.17, 15) is 0 Å². The summed E-state index contributed by atoms with van der Waals surface area (Å²) in [6.07, 6.45) is 19.3. The molecular weight excluding hydrogens is 528 g/mol. The highest BCUT2D eigenvalue weighted by molar-refractivity contribution is 5.99. The summed E-state index contributed by atoms with van der Waals surface area (Å²) in [6, 6.07) is 9.68. The molecule has 2 fully saturated rings. The van der Waals surface area contributed by atoms with Gasteiger partial charge in [0.1, 0.15) is 11.7 Å². The minimum Gasteiger partial charge on any atom is -0.358 e. The Bertz CT molecular complexity index is 1090. The molecule has 1 unspecified atom stereocenters. The molecule has 0 aromatic heterocycles. The number of amidine groups is 1. The number of terminal acetylenes is 1. The van der Waals surface area contributed by atoms with Crippen molar-refractivity contribution in [3.8, 4) is 12.3 Å². The second-order valence-electron chi connectivity index (χ2n) is 12.2. The van der Waals surface area contributed by atoms with Crippen molar-refractivity contribution in [2.24, 2.45) is 10.7 Å². The van der Waals surface area contributed by atoms with Gasteiger partial charge in [-0.05, 0) is 82.8 Å². The molecule has 1 aromatic carbocycles. The summed E-state index contributed by atoms with van der Waals surface area (Å²) in [4.78, 5) is 13.8. The Morgan fingerprint density at radius 1 is 1.12 bits per heavy atom. The number of likely N-dealkylation sites (tertiary alicyclic amines) is 1. The van der Waals surface area contributed by atoms with Gasteiger partial charge in [0, 0.05) is 45.3 Å². The van der Waals surface area contributed by atoms with Gasteiger partial charge in [-0.25, -0.2) is 4.99 Å². The SMILES string of the molecule is C#CC1N=C(N(C)C=C)C(C)=C(N(C)C(CCC)CCC)N1C.C1CC(N2CCCC2)C1.C=C(C)c1ccc(CN)cc1. The van der Waals surface area contributed by atoms with Crippen LogP contribution in [0.25, 0.3) is 5.57 Å². The van der Waals surface area contributed by atoms with Crippen molar-refractivity contribution in [3.05, 3.63) is 66.1 Å². The van der Waals surface area contributed by atoms with E-state index >= 15 is 0 Å². The molecule has 6 heteroatoms. The van der Waals surface area contributed by atoms with Gasteiger partial charge < -0.3 is 25.3 Å². The van der Waals surface area contributed by atoms with Crippen LogP contribution < -0.4 is 5.73 Å². The average molecular weight is 589 g/mol. The second-order valence-corrected chi connectivity index (χ2v) is 12.2. The molecule has 3 aliphatic rings. The van der Waals surface area contributed by atoms with E-state index in [1.54, 1.807) is 6.20 Å². The molecular formula is C37H60N6. The van der Waals surface area contributed by atoms with E-state index < -0.39 is 0 Å². The van der Waals surface area contributed by atoms with E-state index in [1.807, 2.05) is 50.2 Å². The van der Waals surface area contributed by atoms with E-state index in [2.05, 4.69) is 61.6 Å². The summed E-state index contributed by atoms with van der Waals surface area (Å²) < 4.78 is 0. The Kier molecular flexibility index (Phi) is 15.7. The van der Waals surface area contributed by atoms with Crippen LogP contribution >= 0.6 is 0 Å². The van der Waals surface area contributed by atoms with Crippen LogP contribution in [0.3, 0.4) is 0 Å². The smallest absolute Gasteiger partial charge is 0.186 e. The van der Waals surface area contributed by atoms with Gasteiger partial charge in [-0.1, -0.05) is 82.0 Å². The van der Waals surface area contributed by atoms with Crippen molar-refractivity contribution >= 4 is 11.4 Å². The number of hydrogen-bond acceptors (Lipinski definition) is 6. The molecule has 43 heavy (non-hydrogen) atoms. The zero-order valence-electron chi connectivity index (χ0n) is 28.4. The van der Waals surface area contributed by atoms with Gasteiger partial charge >= 0.3 is 0 Å². The highest BCUT2D eigenvalue weighted by Gasteiger charge is 2.30. The quantitative estimate of drug-likeness (QED) is 0.291. The lowest BCUT2D eigenvalue weighted by Crippen LogP contribution is -2.46. The minimum atomic E-state index is -0.280. The van der Waals surface area contributed by atoms with Crippen molar-refractivity contribution in [2.75, 3.05) is 34.2 Å². The first-order valence-electron chi connectivity index (χ1n) is 16.4. The number of benzene rings is 1. The van der Waals surface area contributed by atoms with Crippen molar-refractivity contribution in [3.63, 3.8) is 0 Å². The van der Waals surface area contributed by atoms with Gasteiger partial charge in [-0.15, -0.1) is 6.42 Å². The second kappa shape index (κ2) is 18.6. The van der Waals surface area contributed by atoms with Gasteiger partial charge in [0.15, 0.2) is 6.17 Å². The standard InChI is InChI=1S/C19H32N4.C10H13N.C8H15N/c1-9-13-16(14-10-2)22(7)19-15(5)18(21(6)12-4)20-17(11-3)23(19)8;1-8(2)10-5-3-9(7-11)4-6-10;1-2-7-9(6-1)8-4-3-5-8/h3,12,16-17H,4,9-10,13-14H2,1-2,5-8H3;3-6H,1,7,11H2,2H3;8H,1-7H2. The summed E-state index contributed by atoms with van der Waals surface area (Å²) in [6.45, 7) is 19.7. The maximum atomic E-state index is 5.71. The fourth-order valence-corrected chi connectivity index (χ4v) is 6.04. The van der Waals surface area contributed by atoms with Gasteiger partial charge in [-0.2, -0.15) is 0 Å². The van der Waals surface area contributed by atoms with Crippen LogP contribution in [-0.4, -0.2) is 77.9 Å². The number of aliphatic imine (C=N–C) groups is 1. The Morgan fingerprint density at radius 3 is 2.12 bits per heavy atom. The number of allylic oxidation sites excluding steroid dienone is 1. The largest absolute Gasteiger partial charge is 0.358 e. The van der Waals surface area contributed by atoms with Crippen LogP contribution in [0.5, 0.6) is 0 Å². The predicted octanol–water partition coefficient (Wildman–Crippen LogP) is 7.31. The van der Waals surface area contributed by atoms with Crippen LogP contribution in [0.15, 0.2) is 60.0 Å². The lowest BCUT2D eigenvalue weighted by atomic mass is 9.92. The first-order valence-corrected chi connectivity index (χ1v) is 16.4. The maximum Gasteiger partial charge on any atom is 0.186 e. The van der Waals surface area contributed by atoms with Gasteiger partial charge in [0.25, 0.3) is 0 Å². The number of likely N-dealkylation sites (N-methyl/N-ethyl adjacent to an activating group) is 1. The zero-order chi connectivity index (χ0) is 31.9. The fourth-order valence-electron chi connectivity index (χ4n) is 6.04. The van der Waals surface area contributed by atoms with E-state index in [0.29, 0.717) is 12.6 Å². The summed E-state index contributed by atoms with van der Waals surface area (Å²) in [5.41, 5.74) is 10.0. The van der Waals surface area contributed by atoms with Crippen LogP contribution in [0.2, 0.25) is 0 Å². The van der Waals surface area contributed by atoms with E-state index in [1.165, 1.54) is 82.3 Å². The molecule has 0 bridgehead atoms. The average Bonchev–Trinajstić information content (AvgIpc) is 3.50. The van der Waals surface area contributed by atoms with Crippen molar-refractivity contribution in [1.29, 1.82) is 0 Å². The Hall–Kier alpha value is -3.01. The van der Waals surface area contributed by atoms with Crippen LogP contribution in [0.1, 0.15) is 96.6 Å². The van der Waals surface area contributed by atoms with E-state index in [-0.39, 0.29) is 6.17 Å². The van der Waals surface area contributed by atoms with Crippen molar-refractivity contribution in [1.82, 2.24) is 19.6 Å². The molecule has 1 aliphatic carbocycles. The lowest BCUT2D eigenvalue weighted by molar-refractivity contribution is 0.159. The normalized spacial score (nSPS) is 18.5. The zero-order valence-corrected chi connectivity index (χ0v) is 28.4. The molecule has 1 atom stereocenters. The van der Waals surface area contributed by atoms with Gasteiger partial charge in [-0.3, -0.25) is 0 Å². The Balaban J connectivity index is 0.000000262. The first-order chi connectivity index (χ1) is 20.6. The topological polar surface area (TPSA) is 51.3 Å². The summed E-state index contributed by atoms with van der Waals surface area (Å²) in [5.74, 6) is 4.85. The maximum absolute atomic E-state index is 5.71. The predicted molar refractivity (Wildman–Crippen MR) is 187 cm³/mol. The van der Waals surface area contributed by atoms with Crippen LogP contribution in [0, 0.1) is 12.3 Å². The van der Waals surface area contributed by atoms with Crippen LogP contribution in [0.4, 0.5) is 0 Å². The molecule has 1 aromatic rings. The number of rotatable bonds is 10. The highest BCUT2D eigenvalue weighted by atomic mass is 15.4. The molecule has 4 rings (SSSR count). The molecule has 0 spiro atoms. The molecule has 0 radical (unpaired) electrons. The molecule has 1 saturated carbocycles. The molecule has 2 N–H and O–H groups in total. The lowest BCUT2D eigenvalue weighted by Gasteiger charge is -2.42. The third kappa shape index (κ3) is 10.3. The Labute approximate surface area is 264 Å². The third-order valence-electron chi connectivity index (χ3n) is 8.91. The fraction of sp³-hybridized carbons (Fsp3) is 0.595. The summed E-state index contributed by atoms with van der Waals surface area (Å²) >= 11 is 0. The highest BCUT2D eigenvalue weighted by Crippen LogP contribution is 2.28. The van der Waals surface area contributed by atoms with Gasteiger partial charge in [0.05, 0.1) is 0 Å². The first kappa shape index (κ1) is 36.2. The third-order valence-corrected chi connectivity index (χ3v) is 8.91.